The molecule has 0 spiro atoms. The van der Waals surface area contributed by atoms with Gasteiger partial charge in [-0.3, -0.25) is 4.79 Å². The second kappa shape index (κ2) is 6.90. The van der Waals surface area contributed by atoms with Crippen LogP contribution in [0.5, 0.6) is 0 Å². The molecule has 0 unspecified atom stereocenters. The summed E-state index contributed by atoms with van der Waals surface area (Å²) in [6.45, 7) is 1.55. The maximum atomic E-state index is 12.3. The fraction of sp³-hybridized carbons (Fsp3) is 0.353. The average Bonchev–Trinajstić information content (AvgIpc) is 2.53. The number of hydrogen-bond acceptors (Lipinski definition) is 3. The van der Waals surface area contributed by atoms with Crippen molar-refractivity contribution in [2.24, 2.45) is 5.73 Å². The number of thioether (sulfide) groups is 1. The molecule has 22 heavy (non-hydrogen) atoms. The van der Waals surface area contributed by atoms with Crippen molar-refractivity contribution < 1.29 is 4.79 Å². The first-order valence-corrected chi connectivity index (χ1v) is 8.85. The number of nitrogens with zero attached hydrogens (tertiary/aromatic N) is 1. The second-order valence-electron chi connectivity index (χ2n) is 5.60. The molecule has 1 heterocycles. The van der Waals surface area contributed by atoms with Crippen LogP contribution >= 0.6 is 23.4 Å². The molecule has 1 aliphatic heterocycles. The van der Waals surface area contributed by atoms with E-state index in [2.05, 4.69) is 0 Å². The van der Waals surface area contributed by atoms with Crippen LogP contribution in [0.25, 0.3) is 10.8 Å². The summed E-state index contributed by atoms with van der Waals surface area (Å²) in [6, 6.07) is 12.2. The number of rotatable bonds is 3. The molecule has 0 saturated carbocycles. The zero-order chi connectivity index (χ0) is 15.5. The number of carbonyl (C=O) groups excluding carboxylic acids is 1. The zero-order valence-electron chi connectivity index (χ0n) is 12.3. The molecule has 1 amide bonds. The van der Waals surface area contributed by atoms with E-state index in [4.69, 9.17) is 17.3 Å². The Kier molecular flexibility index (Phi) is 4.91. The van der Waals surface area contributed by atoms with Crippen LogP contribution in [0.4, 0.5) is 0 Å². The van der Waals surface area contributed by atoms with Gasteiger partial charge in [0.05, 0.1) is 5.75 Å². The Bertz CT molecular complexity index is 678. The molecule has 116 valence electrons. The Labute approximate surface area is 139 Å². The van der Waals surface area contributed by atoms with Gasteiger partial charge in [-0.15, -0.1) is 11.8 Å². The summed E-state index contributed by atoms with van der Waals surface area (Å²) in [4.78, 5) is 15.3. The van der Waals surface area contributed by atoms with Gasteiger partial charge in [-0.2, -0.15) is 0 Å². The van der Waals surface area contributed by atoms with Crippen molar-refractivity contribution in [1.82, 2.24) is 4.90 Å². The molecular weight excluding hydrogens is 316 g/mol. The van der Waals surface area contributed by atoms with Crippen molar-refractivity contribution in [2.75, 3.05) is 18.8 Å². The summed E-state index contributed by atoms with van der Waals surface area (Å²) in [5.41, 5.74) is 5.88. The molecule has 1 aliphatic rings. The third kappa shape index (κ3) is 3.40. The van der Waals surface area contributed by atoms with E-state index < -0.39 is 0 Å². The number of likely N-dealkylation sites (tertiary alicyclic amines) is 1. The van der Waals surface area contributed by atoms with Crippen molar-refractivity contribution >= 4 is 40.0 Å². The highest BCUT2D eigenvalue weighted by atomic mass is 35.5. The minimum atomic E-state index is 0.181. The van der Waals surface area contributed by atoms with E-state index in [1.54, 1.807) is 11.8 Å². The van der Waals surface area contributed by atoms with Gasteiger partial charge in [0.1, 0.15) is 0 Å². The van der Waals surface area contributed by atoms with Gasteiger partial charge in [0, 0.05) is 34.4 Å². The number of fused-ring (bicyclic) bond motifs is 1. The van der Waals surface area contributed by atoms with Crippen molar-refractivity contribution in [1.29, 1.82) is 0 Å². The van der Waals surface area contributed by atoms with Gasteiger partial charge in [0.15, 0.2) is 0 Å². The first-order valence-electron chi connectivity index (χ1n) is 7.48. The first kappa shape index (κ1) is 15.7. The first-order chi connectivity index (χ1) is 10.6. The van der Waals surface area contributed by atoms with Crippen LogP contribution < -0.4 is 5.73 Å². The fourth-order valence-corrected chi connectivity index (χ4v) is 4.11. The van der Waals surface area contributed by atoms with Gasteiger partial charge >= 0.3 is 0 Å². The number of benzene rings is 2. The topological polar surface area (TPSA) is 46.3 Å². The average molecular weight is 335 g/mol. The van der Waals surface area contributed by atoms with E-state index in [0.29, 0.717) is 5.75 Å². The highest BCUT2D eigenvalue weighted by Gasteiger charge is 2.20. The number of piperidine rings is 1. The number of hydrogen-bond donors (Lipinski definition) is 1. The van der Waals surface area contributed by atoms with E-state index in [9.17, 15) is 4.79 Å². The minimum Gasteiger partial charge on any atom is -0.342 e. The van der Waals surface area contributed by atoms with Gasteiger partial charge in [-0.1, -0.05) is 35.9 Å². The smallest absolute Gasteiger partial charge is 0.232 e. The Morgan fingerprint density at radius 1 is 1.23 bits per heavy atom. The van der Waals surface area contributed by atoms with Crippen LogP contribution in [0.3, 0.4) is 0 Å². The van der Waals surface area contributed by atoms with Gasteiger partial charge < -0.3 is 10.6 Å². The number of amides is 1. The molecule has 0 bridgehead atoms. The fourth-order valence-electron chi connectivity index (χ4n) is 2.76. The Morgan fingerprint density at radius 2 is 1.91 bits per heavy atom. The third-order valence-corrected chi connectivity index (χ3v) is 5.42. The van der Waals surface area contributed by atoms with E-state index in [1.165, 1.54) is 0 Å². The van der Waals surface area contributed by atoms with Crippen LogP contribution in [0.15, 0.2) is 41.3 Å². The van der Waals surface area contributed by atoms with Crippen molar-refractivity contribution in [3.63, 3.8) is 0 Å². The van der Waals surface area contributed by atoms with Gasteiger partial charge in [-0.05, 0) is 30.4 Å². The predicted octanol–water partition coefficient (Wildman–Crippen LogP) is 3.54. The molecule has 0 aromatic heterocycles. The Morgan fingerprint density at radius 3 is 2.64 bits per heavy atom. The predicted molar refractivity (Wildman–Crippen MR) is 93.5 cm³/mol. The Balaban J connectivity index is 1.70. The van der Waals surface area contributed by atoms with Crippen molar-refractivity contribution in [3.05, 3.63) is 41.4 Å². The molecule has 1 saturated heterocycles. The van der Waals surface area contributed by atoms with Crippen LogP contribution in [0.2, 0.25) is 5.02 Å². The van der Waals surface area contributed by atoms with Crippen molar-refractivity contribution in [2.45, 2.75) is 23.8 Å². The highest BCUT2D eigenvalue weighted by Crippen LogP contribution is 2.33. The molecule has 0 radical (unpaired) electrons. The highest BCUT2D eigenvalue weighted by molar-refractivity contribution is 8.00. The molecule has 5 heteroatoms. The lowest BCUT2D eigenvalue weighted by atomic mass is 10.1. The summed E-state index contributed by atoms with van der Waals surface area (Å²) in [5.74, 6) is 0.625. The molecule has 0 aliphatic carbocycles. The standard InChI is InChI=1S/C17H19ClN2OS/c18-14-5-1-3-12-4-2-6-15(17(12)14)22-11-16(21)20-9-7-13(19)8-10-20/h1-6,13H,7-11,19H2. The molecule has 0 atom stereocenters. The summed E-state index contributed by atoms with van der Waals surface area (Å²) < 4.78 is 0. The van der Waals surface area contributed by atoms with E-state index in [0.717, 1.165) is 46.6 Å². The van der Waals surface area contributed by atoms with Gasteiger partial charge in [0.2, 0.25) is 5.91 Å². The zero-order valence-corrected chi connectivity index (χ0v) is 13.9. The molecule has 1 fully saturated rings. The monoisotopic (exact) mass is 334 g/mol. The maximum Gasteiger partial charge on any atom is 0.232 e. The molecular formula is C17H19ClN2OS. The second-order valence-corrected chi connectivity index (χ2v) is 7.03. The molecule has 2 aromatic carbocycles. The summed E-state index contributed by atoms with van der Waals surface area (Å²) in [5, 5.41) is 2.87. The van der Waals surface area contributed by atoms with Crippen LogP contribution in [0.1, 0.15) is 12.8 Å². The van der Waals surface area contributed by atoms with Crippen LogP contribution in [0, 0.1) is 0 Å². The van der Waals surface area contributed by atoms with Crippen molar-refractivity contribution in [3.8, 4) is 0 Å². The lowest BCUT2D eigenvalue weighted by Gasteiger charge is -2.30. The van der Waals surface area contributed by atoms with Crippen LogP contribution in [-0.4, -0.2) is 35.7 Å². The molecule has 3 rings (SSSR count). The number of nitrogens with two attached hydrogens (primary N) is 1. The van der Waals surface area contributed by atoms with E-state index in [-0.39, 0.29) is 11.9 Å². The van der Waals surface area contributed by atoms with Crippen LogP contribution in [-0.2, 0) is 4.79 Å². The van der Waals surface area contributed by atoms with E-state index >= 15 is 0 Å². The lowest BCUT2D eigenvalue weighted by molar-refractivity contribution is -0.129. The quantitative estimate of drug-likeness (QED) is 0.873. The summed E-state index contributed by atoms with van der Waals surface area (Å²) in [7, 11) is 0. The number of halogens is 1. The van der Waals surface area contributed by atoms with E-state index in [1.807, 2.05) is 41.3 Å². The summed E-state index contributed by atoms with van der Waals surface area (Å²) >= 11 is 7.88. The largest absolute Gasteiger partial charge is 0.342 e. The summed E-state index contributed by atoms with van der Waals surface area (Å²) in [6.07, 6.45) is 1.80. The van der Waals surface area contributed by atoms with Gasteiger partial charge in [-0.25, -0.2) is 0 Å². The molecule has 2 N–H and O–H groups in total. The SMILES string of the molecule is NC1CCN(C(=O)CSc2cccc3cccc(Cl)c23)CC1. The molecule has 3 nitrogen and oxygen atoms in total. The Hall–Kier alpha value is -1.23. The maximum absolute atomic E-state index is 12.3. The number of carbonyl (C=O) groups is 1. The third-order valence-electron chi connectivity index (χ3n) is 4.06. The lowest BCUT2D eigenvalue weighted by Crippen LogP contribution is -2.43. The normalized spacial score (nSPS) is 16.2. The van der Waals surface area contributed by atoms with Gasteiger partial charge in [0.25, 0.3) is 0 Å². The minimum absolute atomic E-state index is 0.181. The molecule has 2 aromatic rings.